The maximum absolute atomic E-state index is 12.8. The van der Waals surface area contributed by atoms with Crippen LogP contribution in [0, 0.1) is 6.92 Å². The third-order valence-electron chi connectivity index (χ3n) is 5.02. The van der Waals surface area contributed by atoms with Crippen molar-refractivity contribution in [2.45, 2.75) is 18.4 Å². The Bertz CT molecular complexity index is 1420. The minimum atomic E-state index is -4.11. The summed E-state index contributed by atoms with van der Waals surface area (Å²) in [6, 6.07) is 17.5. The number of hydrogen-bond acceptors (Lipinski definition) is 6. The highest BCUT2D eigenvalue weighted by molar-refractivity contribution is 8.18. The van der Waals surface area contributed by atoms with Crippen LogP contribution >= 0.6 is 35.0 Å². The highest BCUT2D eigenvalue weighted by Crippen LogP contribution is 2.35. The minimum absolute atomic E-state index is 0.0328. The number of imide groups is 1. The molecule has 0 N–H and O–H groups in total. The number of hydrogen-bond donors (Lipinski definition) is 0. The molecular weight excluding hydrogens is 517 g/mol. The van der Waals surface area contributed by atoms with E-state index in [0.29, 0.717) is 10.6 Å². The number of carbonyl (C=O) groups is 2. The number of halogens is 2. The maximum atomic E-state index is 12.8. The van der Waals surface area contributed by atoms with Crippen LogP contribution in [0.25, 0.3) is 6.08 Å². The Labute approximate surface area is 211 Å². The van der Waals surface area contributed by atoms with Crippen LogP contribution in [0.1, 0.15) is 16.7 Å². The Morgan fingerprint density at radius 3 is 2.38 bits per heavy atom. The minimum Gasteiger partial charge on any atom is -0.377 e. The summed E-state index contributed by atoms with van der Waals surface area (Å²) in [4.78, 5) is 26.6. The summed E-state index contributed by atoms with van der Waals surface area (Å²) >= 11 is 12.9. The normalized spacial score (nSPS) is 15.3. The maximum Gasteiger partial charge on any atom is 0.339 e. The summed E-state index contributed by atoms with van der Waals surface area (Å²) in [5.41, 5.74) is 2.39. The second-order valence-corrected chi connectivity index (χ2v) is 10.8. The molecule has 0 aromatic heterocycles. The number of amides is 2. The Hall–Kier alpha value is -2.78. The molecule has 1 aliphatic rings. The fraction of sp³-hybridized carbons (Fsp3) is 0.0833. The van der Waals surface area contributed by atoms with Gasteiger partial charge in [0.25, 0.3) is 11.1 Å². The number of nitrogens with zero attached hydrogens (tertiary/aromatic N) is 1. The van der Waals surface area contributed by atoms with Gasteiger partial charge in [0, 0.05) is 5.02 Å². The van der Waals surface area contributed by atoms with Gasteiger partial charge in [-0.05, 0) is 77.9 Å². The quantitative estimate of drug-likeness (QED) is 0.273. The van der Waals surface area contributed by atoms with E-state index in [-0.39, 0.29) is 32.4 Å². The van der Waals surface area contributed by atoms with Crippen LogP contribution in [0.15, 0.2) is 76.5 Å². The Kier molecular flexibility index (Phi) is 7.04. The van der Waals surface area contributed by atoms with Gasteiger partial charge in [0.05, 0.1) is 16.5 Å². The summed E-state index contributed by atoms with van der Waals surface area (Å²) in [5, 5.41) is 0.0645. The van der Waals surface area contributed by atoms with E-state index < -0.39 is 16.0 Å². The van der Waals surface area contributed by atoms with Crippen LogP contribution in [0.3, 0.4) is 0 Å². The summed E-state index contributed by atoms with van der Waals surface area (Å²) in [6.45, 7) is 2.10. The van der Waals surface area contributed by atoms with E-state index in [4.69, 9.17) is 27.4 Å². The van der Waals surface area contributed by atoms with Gasteiger partial charge in [-0.2, -0.15) is 8.42 Å². The van der Waals surface area contributed by atoms with Crippen LogP contribution < -0.4 is 4.18 Å². The summed E-state index contributed by atoms with van der Waals surface area (Å²) < 4.78 is 30.1. The second-order valence-electron chi connectivity index (χ2n) is 7.38. The zero-order chi connectivity index (χ0) is 24.5. The molecule has 10 heteroatoms. The average molecular weight is 534 g/mol. The van der Waals surface area contributed by atoms with Crippen LogP contribution in [0.2, 0.25) is 10.0 Å². The smallest absolute Gasteiger partial charge is 0.339 e. The van der Waals surface area contributed by atoms with Gasteiger partial charge in [-0.3, -0.25) is 14.5 Å². The van der Waals surface area contributed by atoms with Crippen molar-refractivity contribution in [2.24, 2.45) is 0 Å². The number of benzene rings is 3. The first-order chi connectivity index (χ1) is 16.1. The van der Waals surface area contributed by atoms with Crippen molar-refractivity contribution in [1.82, 2.24) is 4.90 Å². The Morgan fingerprint density at radius 2 is 1.71 bits per heavy atom. The topological polar surface area (TPSA) is 80.8 Å². The molecule has 34 heavy (non-hydrogen) atoms. The van der Waals surface area contributed by atoms with Crippen molar-refractivity contribution in [3.8, 4) is 5.75 Å². The summed E-state index contributed by atoms with van der Waals surface area (Å²) in [7, 11) is -4.11. The zero-order valence-electron chi connectivity index (χ0n) is 17.7. The second kappa shape index (κ2) is 9.84. The van der Waals surface area contributed by atoms with Crippen molar-refractivity contribution >= 4 is 62.3 Å². The molecule has 1 fully saturated rings. The van der Waals surface area contributed by atoms with Crippen LogP contribution in [-0.2, 0) is 21.5 Å². The standard InChI is InChI=1S/C24H17Cl2NO5S2/c1-15-4-2-3-5-17(15)14-27-23(28)22(33-24(27)29)13-16-6-11-21(20(26)12-16)32-34(30,31)19-9-7-18(25)8-10-19/h2-13H,14H2,1H3/b22-13-. The van der Waals surface area contributed by atoms with Gasteiger partial charge in [-0.25, -0.2) is 0 Å². The van der Waals surface area contributed by atoms with Gasteiger partial charge < -0.3 is 4.18 Å². The van der Waals surface area contributed by atoms with Crippen molar-refractivity contribution in [2.75, 3.05) is 0 Å². The summed E-state index contributed by atoms with van der Waals surface area (Å²) in [6.07, 6.45) is 1.53. The molecule has 0 bridgehead atoms. The predicted octanol–water partition coefficient (Wildman–Crippen LogP) is 6.31. The molecule has 1 saturated heterocycles. The third-order valence-corrected chi connectivity index (χ3v) is 7.72. The van der Waals surface area contributed by atoms with E-state index in [9.17, 15) is 18.0 Å². The van der Waals surface area contributed by atoms with E-state index in [0.717, 1.165) is 22.9 Å². The van der Waals surface area contributed by atoms with E-state index in [1.807, 2.05) is 31.2 Å². The van der Waals surface area contributed by atoms with Gasteiger partial charge in [-0.15, -0.1) is 0 Å². The molecule has 6 nitrogen and oxygen atoms in total. The van der Waals surface area contributed by atoms with Gasteiger partial charge in [0.2, 0.25) is 0 Å². The molecule has 2 amide bonds. The van der Waals surface area contributed by atoms with Gasteiger partial charge in [0.15, 0.2) is 5.75 Å². The number of thioether (sulfide) groups is 1. The van der Waals surface area contributed by atoms with Gasteiger partial charge >= 0.3 is 10.1 Å². The molecule has 0 saturated carbocycles. The number of rotatable bonds is 6. The molecular formula is C24H17Cl2NO5S2. The van der Waals surface area contributed by atoms with Crippen LogP contribution in [0.4, 0.5) is 4.79 Å². The predicted molar refractivity (Wildman–Crippen MR) is 133 cm³/mol. The van der Waals surface area contributed by atoms with E-state index in [1.54, 1.807) is 6.07 Å². The van der Waals surface area contributed by atoms with E-state index >= 15 is 0 Å². The molecule has 3 aromatic carbocycles. The third kappa shape index (κ3) is 5.31. The molecule has 0 unspecified atom stereocenters. The molecule has 0 radical (unpaired) electrons. The van der Waals surface area contributed by atoms with Crippen molar-refractivity contribution in [3.05, 3.63) is 98.4 Å². The number of aryl methyl sites for hydroxylation is 1. The van der Waals surface area contributed by atoms with Crippen molar-refractivity contribution in [3.63, 3.8) is 0 Å². The molecule has 1 aliphatic heterocycles. The lowest BCUT2D eigenvalue weighted by molar-refractivity contribution is -0.123. The fourth-order valence-electron chi connectivity index (χ4n) is 3.19. The first kappa shape index (κ1) is 24.3. The average Bonchev–Trinajstić information content (AvgIpc) is 3.04. The molecule has 4 rings (SSSR count). The zero-order valence-corrected chi connectivity index (χ0v) is 20.8. The number of carbonyl (C=O) groups excluding carboxylic acids is 2. The van der Waals surface area contributed by atoms with E-state index in [1.165, 1.54) is 47.4 Å². The highest BCUT2D eigenvalue weighted by Gasteiger charge is 2.35. The van der Waals surface area contributed by atoms with Crippen LogP contribution in [0.5, 0.6) is 5.75 Å². The molecule has 0 aliphatic carbocycles. The highest BCUT2D eigenvalue weighted by atomic mass is 35.5. The lowest BCUT2D eigenvalue weighted by Crippen LogP contribution is -2.27. The van der Waals surface area contributed by atoms with Gasteiger partial charge in [-0.1, -0.05) is 53.5 Å². The van der Waals surface area contributed by atoms with Crippen molar-refractivity contribution < 1.29 is 22.2 Å². The SMILES string of the molecule is Cc1ccccc1CN1C(=O)S/C(=C\c2ccc(OS(=O)(=O)c3ccc(Cl)cc3)c(Cl)c2)C1=O. The van der Waals surface area contributed by atoms with Crippen LogP contribution in [-0.4, -0.2) is 24.5 Å². The molecule has 0 atom stereocenters. The first-order valence-electron chi connectivity index (χ1n) is 9.93. The van der Waals surface area contributed by atoms with E-state index in [2.05, 4.69) is 0 Å². The first-order valence-corrected chi connectivity index (χ1v) is 12.9. The summed E-state index contributed by atoms with van der Waals surface area (Å²) in [5.74, 6) is -0.471. The molecule has 174 valence electrons. The van der Waals surface area contributed by atoms with Crippen molar-refractivity contribution in [1.29, 1.82) is 0 Å². The monoisotopic (exact) mass is 533 g/mol. The Balaban J connectivity index is 1.52. The fourth-order valence-corrected chi connectivity index (χ4v) is 5.37. The lowest BCUT2D eigenvalue weighted by atomic mass is 10.1. The molecule has 1 heterocycles. The molecule has 3 aromatic rings. The molecule has 0 spiro atoms. The largest absolute Gasteiger partial charge is 0.377 e. The lowest BCUT2D eigenvalue weighted by Gasteiger charge is -2.14. The van der Waals surface area contributed by atoms with Gasteiger partial charge in [0.1, 0.15) is 4.90 Å². The Morgan fingerprint density at radius 1 is 1.00 bits per heavy atom.